The lowest BCUT2D eigenvalue weighted by Gasteiger charge is -2.15. The Bertz CT molecular complexity index is 396. The number of hydrogen-bond acceptors (Lipinski definition) is 2. The van der Waals surface area contributed by atoms with E-state index in [0.717, 1.165) is 18.2 Å². The van der Waals surface area contributed by atoms with Crippen molar-refractivity contribution >= 4 is 37.8 Å². The summed E-state index contributed by atoms with van der Waals surface area (Å²) in [5, 5.41) is 13.3. The van der Waals surface area contributed by atoms with Gasteiger partial charge in [-0.3, -0.25) is 4.79 Å². The second-order valence-corrected chi connectivity index (χ2v) is 5.37. The average Bonchev–Trinajstić information content (AvgIpc) is 2.31. The van der Waals surface area contributed by atoms with E-state index >= 15 is 0 Å². The van der Waals surface area contributed by atoms with E-state index < -0.39 is 0 Å². The minimum absolute atomic E-state index is 0.0752. The standard InChI is InChI=1S/C12H15Br2NO2/c1-2-9(5-6-13)15-12(17)8-3-4-10(14)11(16)7-8/h3-4,7,9,16H,2,5-6H2,1H3,(H,15,17). The summed E-state index contributed by atoms with van der Waals surface area (Å²) in [6.45, 7) is 2.03. The van der Waals surface area contributed by atoms with E-state index in [9.17, 15) is 9.90 Å². The largest absolute Gasteiger partial charge is 0.507 e. The van der Waals surface area contributed by atoms with Crippen molar-refractivity contribution in [2.75, 3.05) is 5.33 Å². The topological polar surface area (TPSA) is 49.3 Å². The van der Waals surface area contributed by atoms with E-state index in [1.54, 1.807) is 12.1 Å². The van der Waals surface area contributed by atoms with Gasteiger partial charge in [-0.25, -0.2) is 0 Å². The molecule has 0 aliphatic heterocycles. The first-order chi connectivity index (χ1) is 8.08. The van der Waals surface area contributed by atoms with E-state index in [1.165, 1.54) is 6.07 Å². The molecule has 0 radical (unpaired) electrons. The molecule has 1 aromatic rings. The van der Waals surface area contributed by atoms with Crippen molar-refractivity contribution in [2.24, 2.45) is 0 Å². The van der Waals surface area contributed by atoms with E-state index in [2.05, 4.69) is 37.2 Å². The molecule has 0 heterocycles. The second kappa shape index (κ2) is 7.01. The van der Waals surface area contributed by atoms with Gasteiger partial charge in [-0.1, -0.05) is 22.9 Å². The van der Waals surface area contributed by atoms with Crippen LogP contribution < -0.4 is 5.32 Å². The summed E-state index contributed by atoms with van der Waals surface area (Å²) in [5.74, 6) is -0.0770. The zero-order valence-electron chi connectivity index (χ0n) is 9.54. The van der Waals surface area contributed by atoms with Crippen LogP contribution in [0.4, 0.5) is 0 Å². The lowest BCUT2D eigenvalue weighted by Crippen LogP contribution is -2.34. The van der Waals surface area contributed by atoms with Gasteiger partial charge < -0.3 is 10.4 Å². The fourth-order valence-corrected chi connectivity index (χ4v) is 2.23. The molecule has 5 heteroatoms. The van der Waals surface area contributed by atoms with Crippen LogP contribution in [0.15, 0.2) is 22.7 Å². The molecule has 0 spiro atoms. The number of alkyl halides is 1. The Morgan fingerprint density at radius 3 is 2.76 bits per heavy atom. The first-order valence-corrected chi connectivity index (χ1v) is 7.35. The van der Waals surface area contributed by atoms with Gasteiger partial charge in [0, 0.05) is 16.9 Å². The minimum atomic E-state index is -0.152. The van der Waals surface area contributed by atoms with Crippen molar-refractivity contribution < 1.29 is 9.90 Å². The Balaban J connectivity index is 2.72. The number of amides is 1. The summed E-state index contributed by atoms with van der Waals surface area (Å²) in [5.41, 5.74) is 0.471. The van der Waals surface area contributed by atoms with Crippen molar-refractivity contribution in [1.82, 2.24) is 5.32 Å². The van der Waals surface area contributed by atoms with Crippen LogP contribution in [-0.2, 0) is 0 Å². The highest BCUT2D eigenvalue weighted by Crippen LogP contribution is 2.24. The van der Waals surface area contributed by atoms with Crippen LogP contribution in [0.2, 0.25) is 0 Å². The maximum atomic E-state index is 11.9. The summed E-state index contributed by atoms with van der Waals surface area (Å²) in [6.07, 6.45) is 1.78. The van der Waals surface area contributed by atoms with Crippen LogP contribution in [0.5, 0.6) is 5.75 Å². The van der Waals surface area contributed by atoms with E-state index in [4.69, 9.17) is 0 Å². The Morgan fingerprint density at radius 2 is 2.24 bits per heavy atom. The molecule has 1 aromatic carbocycles. The molecule has 3 nitrogen and oxygen atoms in total. The Hall–Kier alpha value is -0.550. The van der Waals surface area contributed by atoms with Gasteiger partial charge in [0.1, 0.15) is 5.75 Å². The van der Waals surface area contributed by atoms with Gasteiger partial charge in [-0.2, -0.15) is 0 Å². The number of nitrogens with one attached hydrogen (secondary N) is 1. The number of aromatic hydroxyl groups is 1. The molecule has 0 aliphatic rings. The maximum Gasteiger partial charge on any atom is 0.251 e. The molecule has 0 aromatic heterocycles. The van der Waals surface area contributed by atoms with Crippen LogP contribution in [-0.4, -0.2) is 22.4 Å². The fourth-order valence-electron chi connectivity index (χ4n) is 1.43. The number of carbonyl (C=O) groups is 1. The van der Waals surface area contributed by atoms with Crippen LogP contribution >= 0.6 is 31.9 Å². The first kappa shape index (κ1) is 14.5. The molecular weight excluding hydrogens is 350 g/mol. The van der Waals surface area contributed by atoms with Gasteiger partial charge in [0.05, 0.1) is 4.47 Å². The third-order valence-corrected chi connectivity index (χ3v) is 3.62. The second-order valence-electron chi connectivity index (χ2n) is 3.72. The predicted molar refractivity (Wildman–Crippen MR) is 75.8 cm³/mol. The molecule has 1 amide bonds. The summed E-state index contributed by atoms with van der Waals surface area (Å²) in [6, 6.07) is 4.96. The highest BCUT2D eigenvalue weighted by atomic mass is 79.9. The summed E-state index contributed by atoms with van der Waals surface area (Å²) in [4.78, 5) is 11.9. The van der Waals surface area contributed by atoms with Crippen molar-refractivity contribution in [2.45, 2.75) is 25.8 Å². The minimum Gasteiger partial charge on any atom is -0.507 e. The number of rotatable bonds is 5. The molecular formula is C12H15Br2NO2. The van der Waals surface area contributed by atoms with Crippen molar-refractivity contribution in [3.05, 3.63) is 28.2 Å². The predicted octanol–water partition coefficient (Wildman–Crippen LogP) is 3.45. The quantitative estimate of drug-likeness (QED) is 0.786. The molecule has 0 aliphatic carbocycles. The summed E-state index contributed by atoms with van der Waals surface area (Å²) < 4.78 is 0.585. The smallest absolute Gasteiger partial charge is 0.251 e. The third kappa shape index (κ3) is 4.32. The molecule has 94 valence electrons. The average molecular weight is 365 g/mol. The van der Waals surface area contributed by atoms with Gasteiger partial charge in [0.2, 0.25) is 0 Å². The van der Waals surface area contributed by atoms with Crippen LogP contribution in [0.3, 0.4) is 0 Å². The maximum absolute atomic E-state index is 11.9. The molecule has 1 rings (SSSR count). The van der Waals surface area contributed by atoms with Crippen molar-refractivity contribution in [1.29, 1.82) is 0 Å². The van der Waals surface area contributed by atoms with Gasteiger partial charge in [0.25, 0.3) is 5.91 Å². The van der Waals surface area contributed by atoms with Gasteiger partial charge in [0.15, 0.2) is 0 Å². The summed E-state index contributed by atoms with van der Waals surface area (Å²) in [7, 11) is 0. The highest BCUT2D eigenvalue weighted by Gasteiger charge is 2.12. The third-order valence-electron chi connectivity index (χ3n) is 2.49. The zero-order chi connectivity index (χ0) is 12.8. The number of carbonyl (C=O) groups excluding carboxylic acids is 1. The number of phenols is 1. The molecule has 0 saturated heterocycles. The van der Waals surface area contributed by atoms with Crippen molar-refractivity contribution in [3.63, 3.8) is 0 Å². The molecule has 1 atom stereocenters. The van der Waals surface area contributed by atoms with Crippen LogP contribution in [0.25, 0.3) is 0 Å². The summed E-state index contributed by atoms with van der Waals surface area (Å²) >= 11 is 6.54. The highest BCUT2D eigenvalue weighted by molar-refractivity contribution is 9.10. The molecule has 17 heavy (non-hydrogen) atoms. The normalized spacial score (nSPS) is 12.2. The number of halogens is 2. The van der Waals surface area contributed by atoms with Crippen molar-refractivity contribution in [3.8, 4) is 5.75 Å². The lowest BCUT2D eigenvalue weighted by atomic mass is 10.1. The van der Waals surface area contributed by atoms with Gasteiger partial charge in [-0.15, -0.1) is 0 Å². The molecule has 0 saturated carbocycles. The van der Waals surface area contributed by atoms with Crippen LogP contribution in [0, 0.1) is 0 Å². The van der Waals surface area contributed by atoms with E-state index in [1.807, 2.05) is 6.92 Å². The Kier molecular flexibility index (Phi) is 5.98. The van der Waals surface area contributed by atoms with Crippen LogP contribution in [0.1, 0.15) is 30.1 Å². The van der Waals surface area contributed by atoms with E-state index in [-0.39, 0.29) is 17.7 Å². The van der Waals surface area contributed by atoms with E-state index in [0.29, 0.717) is 10.0 Å². The monoisotopic (exact) mass is 363 g/mol. The Labute approximate surface area is 118 Å². The lowest BCUT2D eigenvalue weighted by molar-refractivity contribution is 0.0935. The van der Waals surface area contributed by atoms with Gasteiger partial charge >= 0.3 is 0 Å². The molecule has 0 fully saturated rings. The number of benzene rings is 1. The first-order valence-electron chi connectivity index (χ1n) is 5.43. The van der Waals surface area contributed by atoms with Gasteiger partial charge in [-0.05, 0) is 47.0 Å². The number of hydrogen-bond donors (Lipinski definition) is 2. The fraction of sp³-hybridized carbons (Fsp3) is 0.417. The Morgan fingerprint density at radius 1 is 1.53 bits per heavy atom. The number of phenolic OH excluding ortho intramolecular Hbond substituents is 1. The zero-order valence-corrected chi connectivity index (χ0v) is 12.7. The SMILES string of the molecule is CCC(CCBr)NC(=O)c1ccc(Br)c(O)c1. The molecule has 2 N–H and O–H groups in total. The molecule has 0 bridgehead atoms. The molecule has 1 unspecified atom stereocenters.